The monoisotopic (exact) mass is 235 g/mol. The van der Waals surface area contributed by atoms with Crippen molar-refractivity contribution >= 4 is 5.91 Å². The molecule has 0 aromatic carbocycles. The number of pyridine rings is 1. The minimum Gasteiger partial charge on any atom is -0.339 e. The molecule has 0 spiro atoms. The van der Waals surface area contributed by atoms with E-state index in [1.807, 2.05) is 7.05 Å². The average Bonchev–Trinajstić information content (AvgIpc) is 2.37. The fourth-order valence-electron chi connectivity index (χ4n) is 1.74. The van der Waals surface area contributed by atoms with E-state index in [-0.39, 0.29) is 11.9 Å². The van der Waals surface area contributed by atoms with E-state index in [9.17, 15) is 4.79 Å². The number of aromatic nitrogens is 1. The standard InChI is InChI=1S/C13H21N3O/c1-4-5-10(2)16(3)13(17)11-6-7-15-12(8-11)9-14/h6-8,10H,4-5,9,14H2,1-3H3. The lowest BCUT2D eigenvalue weighted by Crippen LogP contribution is -2.35. The Kier molecular flexibility index (Phi) is 5.10. The van der Waals surface area contributed by atoms with E-state index >= 15 is 0 Å². The first-order valence-electron chi connectivity index (χ1n) is 6.02. The molecule has 2 N–H and O–H groups in total. The number of nitrogens with zero attached hydrogens (tertiary/aromatic N) is 2. The lowest BCUT2D eigenvalue weighted by molar-refractivity contribution is 0.0736. The molecule has 1 rings (SSSR count). The highest BCUT2D eigenvalue weighted by atomic mass is 16.2. The Labute approximate surface area is 103 Å². The van der Waals surface area contributed by atoms with Crippen molar-refractivity contribution in [1.29, 1.82) is 0 Å². The molecule has 1 heterocycles. The van der Waals surface area contributed by atoms with Gasteiger partial charge in [-0.05, 0) is 25.5 Å². The number of rotatable bonds is 5. The van der Waals surface area contributed by atoms with E-state index in [0.717, 1.165) is 18.5 Å². The smallest absolute Gasteiger partial charge is 0.253 e. The third-order valence-corrected chi connectivity index (χ3v) is 2.96. The van der Waals surface area contributed by atoms with E-state index in [1.165, 1.54) is 0 Å². The van der Waals surface area contributed by atoms with E-state index < -0.39 is 0 Å². The van der Waals surface area contributed by atoms with Crippen LogP contribution < -0.4 is 5.73 Å². The summed E-state index contributed by atoms with van der Waals surface area (Å²) in [5.74, 6) is 0.0306. The Bertz CT molecular complexity index is 379. The van der Waals surface area contributed by atoms with Gasteiger partial charge < -0.3 is 10.6 Å². The van der Waals surface area contributed by atoms with Crippen molar-refractivity contribution in [1.82, 2.24) is 9.88 Å². The maximum atomic E-state index is 12.2. The van der Waals surface area contributed by atoms with Gasteiger partial charge in [-0.3, -0.25) is 9.78 Å². The Hall–Kier alpha value is -1.42. The van der Waals surface area contributed by atoms with Gasteiger partial charge in [-0.1, -0.05) is 13.3 Å². The number of carbonyl (C=O) groups is 1. The molecule has 17 heavy (non-hydrogen) atoms. The average molecular weight is 235 g/mol. The molecule has 1 atom stereocenters. The van der Waals surface area contributed by atoms with Crippen molar-refractivity contribution in [3.05, 3.63) is 29.6 Å². The second-order valence-electron chi connectivity index (χ2n) is 4.29. The largest absolute Gasteiger partial charge is 0.339 e. The Morgan fingerprint density at radius 2 is 2.29 bits per heavy atom. The molecular weight excluding hydrogens is 214 g/mol. The molecule has 1 unspecified atom stereocenters. The fourth-order valence-corrected chi connectivity index (χ4v) is 1.74. The maximum Gasteiger partial charge on any atom is 0.253 e. The highest BCUT2D eigenvalue weighted by molar-refractivity contribution is 5.94. The SMILES string of the molecule is CCCC(C)N(C)C(=O)c1ccnc(CN)c1. The molecule has 0 fully saturated rings. The molecule has 1 amide bonds. The van der Waals surface area contributed by atoms with Crippen LogP contribution >= 0.6 is 0 Å². The van der Waals surface area contributed by atoms with Crippen LogP contribution in [0.25, 0.3) is 0 Å². The Morgan fingerprint density at radius 1 is 1.59 bits per heavy atom. The predicted octanol–water partition coefficient (Wildman–Crippen LogP) is 1.80. The summed E-state index contributed by atoms with van der Waals surface area (Å²) in [6, 6.07) is 3.75. The van der Waals surface area contributed by atoms with Gasteiger partial charge in [0.1, 0.15) is 0 Å². The molecule has 0 aliphatic heterocycles. The summed E-state index contributed by atoms with van der Waals surface area (Å²) in [4.78, 5) is 18.0. The highest BCUT2D eigenvalue weighted by Gasteiger charge is 2.16. The third-order valence-electron chi connectivity index (χ3n) is 2.96. The Balaban J connectivity index is 2.80. The first-order chi connectivity index (χ1) is 8.10. The number of hydrogen-bond donors (Lipinski definition) is 1. The molecule has 1 aromatic rings. The first-order valence-corrected chi connectivity index (χ1v) is 6.02. The fraction of sp³-hybridized carbons (Fsp3) is 0.538. The molecule has 1 aromatic heterocycles. The minimum absolute atomic E-state index is 0.0306. The van der Waals surface area contributed by atoms with Gasteiger partial charge in [0.2, 0.25) is 0 Å². The number of amides is 1. The molecule has 0 bridgehead atoms. The molecule has 0 radical (unpaired) electrons. The van der Waals surface area contributed by atoms with Crippen LogP contribution in [0.5, 0.6) is 0 Å². The van der Waals surface area contributed by atoms with Crippen molar-refractivity contribution in [2.75, 3.05) is 7.05 Å². The van der Waals surface area contributed by atoms with Gasteiger partial charge in [0.25, 0.3) is 5.91 Å². The second kappa shape index (κ2) is 6.35. The number of carbonyl (C=O) groups excluding carboxylic acids is 1. The molecule has 0 saturated heterocycles. The molecule has 4 heteroatoms. The first kappa shape index (κ1) is 13.6. The summed E-state index contributed by atoms with van der Waals surface area (Å²) in [7, 11) is 1.84. The van der Waals surface area contributed by atoms with Gasteiger partial charge in [-0.25, -0.2) is 0 Å². The maximum absolute atomic E-state index is 12.2. The van der Waals surface area contributed by atoms with Crippen LogP contribution in [0.2, 0.25) is 0 Å². The van der Waals surface area contributed by atoms with Crippen LogP contribution in [0.15, 0.2) is 18.3 Å². The lowest BCUT2D eigenvalue weighted by Gasteiger charge is -2.24. The van der Waals surface area contributed by atoms with E-state index in [1.54, 1.807) is 23.2 Å². The van der Waals surface area contributed by atoms with Gasteiger partial charge in [0.05, 0.1) is 5.69 Å². The van der Waals surface area contributed by atoms with Crippen molar-refractivity contribution in [2.24, 2.45) is 5.73 Å². The zero-order valence-corrected chi connectivity index (χ0v) is 10.8. The summed E-state index contributed by atoms with van der Waals surface area (Å²) < 4.78 is 0. The van der Waals surface area contributed by atoms with Gasteiger partial charge in [0, 0.05) is 31.4 Å². The lowest BCUT2D eigenvalue weighted by atomic mass is 10.1. The van der Waals surface area contributed by atoms with E-state index in [0.29, 0.717) is 12.1 Å². The summed E-state index contributed by atoms with van der Waals surface area (Å²) >= 11 is 0. The molecule has 0 aliphatic carbocycles. The zero-order valence-electron chi connectivity index (χ0n) is 10.8. The van der Waals surface area contributed by atoms with Crippen molar-refractivity contribution in [3.8, 4) is 0 Å². The number of hydrogen-bond acceptors (Lipinski definition) is 3. The van der Waals surface area contributed by atoms with Crippen molar-refractivity contribution < 1.29 is 4.79 Å². The van der Waals surface area contributed by atoms with Crippen LogP contribution in [0, 0.1) is 0 Å². The van der Waals surface area contributed by atoms with E-state index in [2.05, 4.69) is 18.8 Å². The van der Waals surface area contributed by atoms with Crippen molar-refractivity contribution in [2.45, 2.75) is 39.3 Å². The van der Waals surface area contributed by atoms with Gasteiger partial charge in [-0.15, -0.1) is 0 Å². The molecule has 94 valence electrons. The highest BCUT2D eigenvalue weighted by Crippen LogP contribution is 2.10. The molecular formula is C13H21N3O. The van der Waals surface area contributed by atoms with Crippen LogP contribution in [0.4, 0.5) is 0 Å². The second-order valence-corrected chi connectivity index (χ2v) is 4.29. The molecule has 0 aliphatic rings. The topological polar surface area (TPSA) is 59.2 Å². The predicted molar refractivity (Wildman–Crippen MR) is 68.6 cm³/mol. The van der Waals surface area contributed by atoms with Crippen LogP contribution in [-0.2, 0) is 6.54 Å². The number of nitrogens with two attached hydrogens (primary N) is 1. The quantitative estimate of drug-likeness (QED) is 0.846. The molecule has 4 nitrogen and oxygen atoms in total. The van der Waals surface area contributed by atoms with Gasteiger partial charge >= 0.3 is 0 Å². The summed E-state index contributed by atoms with van der Waals surface area (Å²) in [6.07, 6.45) is 3.72. The summed E-state index contributed by atoms with van der Waals surface area (Å²) in [5.41, 5.74) is 6.92. The normalized spacial score (nSPS) is 12.2. The van der Waals surface area contributed by atoms with Crippen LogP contribution in [0.1, 0.15) is 42.7 Å². The molecule has 0 saturated carbocycles. The van der Waals surface area contributed by atoms with E-state index in [4.69, 9.17) is 5.73 Å². The van der Waals surface area contributed by atoms with Crippen LogP contribution in [0.3, 0.4) is 0 Å². The Morgan fingerprint density at radius 3 is 2.88 bits per heavy atom. The van der Waals surface area contributed by atoms with Crippen molar-refractivity contribution in [3.63, 3.8) is 0 Å². The summed E-state index contributed by atoms with van der Waals surface area (Å²) in [5, 5.41) is 0. The summed E-state index contributed by atoms with van der Waals surface area (Å²) in [6.45, 7) is 4.54. The third kappa shape index (κ3) is 3.53. The van der Waals surface area contributed by atoms with Crippen LogP contribution in [-0.4, -0.2) is 28.9 Å². The van der Waals surface area contributed by atoms with Gasteiger partial charge in [-0.2, -0.15) is 0 Å². The zero-order chi connectivity index (χ0) is 12.8. The minimum atomic E-state index is 0.0306. The van der Waals surface area contributed by atoms with Gasteiger partial charge in [0.15, 0.2) is 0 Å².